The average molecular weight is 319 g/mol. The molecule has 0 aliphatic rings. The summed E-state index contributed by atoms with van der Waals surface area (Å²) in [6.07, 6.45) is 2.59. The minimum Gasteiger partial charge on any atom is -0.381 e. The molecule has 0 amide bonds. The van der Waals surface area contributed by atoms with Gasteiger partial charge in [-0.25, -0.2) is 4.39 Å². The normalized spacial score (nSPS) is 12.7. The maximum absolute atomic E-state index is 13.0. The van der Waals surface area contributed by atoms with Crippen LogP contribution >= 0.6 is 15.9 Å². The molecule has 3 nitrogen and oxygen atoms in total. The van der Waals surface area contributed by atoms with E-state index in [4.69, 9.17) is 10.6 Å². The molecule has 0 spiro atoms. The largest absolute Gasteiger partial charge is 0.381 e. The second-order valence-corrected chi connectivity index (χ2v) is 5.06. The quantitative estimate of drug-likeness (QED) is 0.440. The molecule has 0 fully saturated rings. The first-order valence-corrected chi connectivity index (χ1v) is 6.94. The van der Waals surface area contributed by atoms with Crippen LogP contribution in [0.2, 0.25) is 0 Å². The minimum absolute atomic E-state index is 0.128. The lowest BCUT2D eigenvalue weighted by Crippen LogP contribution is -2.37. The summed E-state index contributed by atoms with van der Waals surface area (Å²) in [5.41, 5.74) is 3.81. The van der Waals surface area contributed by atoms with Crippen LogP contribution in [0.15, 0.2) is 22.7 Å². The first kappa shape index (κ1) is 15.6. The average Bonchev–Trinajstić information content (AvgIpc) is 2.35. The zero-order valence-electron chi connectivity index (χ0n) is 10.6. The Morgan fingerprint density at radius 3 is 2.83 bits per heavy atom. The molecule has 0 bridgehead atoms. The van der Waals surface area contributed by atoms with E-state index in [1.165, 1.54) is 12.1 Å². The van der Waals surface area contributed by atoms with Crippen LogP contribution in [0.25, 0.3) is 0 Å². The van der Waals surface area contributed by atoms with Crippen molar-refractivity contribution < 1.29 is 9.13 Å². The maximum atomic E-state index is 13.0. The highest BCUT2D eigenvalue weighted by atomic mass is 79.9. The van der Waals surface area contributed by atoms with Gasteiger partial charge in [0.2, 0.25) is 0 Å². The van der Waals surface area contributed by atoms with Crippen LogP contribution in [-0.4, -0.2) is 19.3 Å². The molecule has 5 heteroatoms. The van der Waals surface area contributed by atoms with Crippen molar-refractivity contribution in [2.75, 3.05) is 13.2 Å². The van der Waals surface area contributed by atoms with Gasteiger partial charge in [-0.3, -0.25) is 11.3 Å². The van der Waals surface area contributed by atoms with E-state index in [1.54, 1.807) is 6.07 Å². The molecule has 1 aromatic carbocycles. The number of hydrogen-bond donors (Lipinski definition) is 2. The number of nitrogens with two attached hydrogens (primary N) is 1. The Kier molecular flexibility index (Phi) is 7.42. The smallest absolute Gasteiger partial charge is 0.124 e. The SMILES string of the molecule is CCCOCCC(Cc1ccc(F)cc1Br)NN. The fourth-order valence-corrected chi connectivity index (χ4v) is 2.18. The van der Waals surface area contributed by atoms with E-state index in [1.807, 2.05) is 0 Å². The van der Waals surface area contributed by atoms with Crippen LogP contribution in [0.5, 0.6) is 0 Å². The molecular weight excluding hydrogens is 299 g/mol. The van der Waals surface area contributed by atoms with Crippen LogP contribution in [0, 0.1) is 5.82 Å². The highest BCUT2D eigenvalue weighted by molar-refractivity contribution is 9.10. The lowest BCUT2D eigenvalue weighted by atomic mass is 10.0. The third kappa shape index (κ3) is 5.44. The Bertz CT molecular complexity index is 363. The second-order valence-electron chi connectivity index (χ2n) is 4.20. The fourth-order valence-electron chi connectivity index (χ4n) is 1.67. The van der Waals surface area contributed by atoms with E-state index in [-0.39, 0.29) is 11.9 Å². The van der Waals surface area contributed by atoms with Crippen LogP contribution in [-0.2, 0) is 11.2 Å². The van der Waals surface area contributed by atoms with Gasteiger partial charge in [0.05, 0.1) is 0 Å². The summed E-state index contributed by atoms with van der Waals surface area (Å²) < 4.78 is 19.2. The monoisotopic (exact) mass is 318 g/mol. The highest BCUT2D eigenvalue weighted by Crippen LogP contribution is 2.20. The Morgan fingerprint density at radius 1 is 1.44 bits per heavy atom. The van der Waals surface area contributed by atoms with Gasteiger partial charge in [-0.1, -0.05) is 28.9 Å². The molecule has 0 heterocycles. The minimum atomic E-state index is -0.242. The van der Waals surface area contributed by atoms with Gasteiger partial charge in [0, 0.05) is 23.7 Å². The van der Waals surface area contributed by atoms with Crippen molar-refractivity contribution in [1.82, 2.24) is 5.43 Å². The Hall–Kier alpha value is -0.490. The predicted octanol–water partition coefficient (Wildman–Crippen LogP) is 2.78. The lowest BCUT2D eigenvalue weighted by molar-refractivity contribution is 0.124. The Balaban J connectivity index is 2.46. The van der Waals surface area contributed by atoms with Crippen molar-refractivity contribution >= 4 is 15.9 Å². The van der Waals surface area contributed by atoms with Gasteiger partial charge in [0.1, 0.15) is 5.82 Å². The third-order valence-electron chi connectivity index (χ3n) is 2.68. The van der Waals surface area contributed by atoms with Crippen molar-refractivity contribution in [2.24, 2.45) is 5.84 Å². The number of benzene rings is 1. The lowest BCUT2D eigenvalue weighted by Gasteiger charge is -2.16. The molecule has 3 N–H and O–H groups in total. The van der Waals surface area contributed by atoms with E-state index in [0.717, 1.165) is 35.9 Å². The van der Waals surface area contributed by atoms with Crippen LogP contribution in [0.4, 0.5) is 4.39 Å². The van der Waals surface area contributed by atoms with Crippen molar-refractivity contribution in [2.45, 2.75) is 32.2 Å². The molecule has 0 saturated heterocycles. The van der Waals surface area contributed by atoms with Crippen LogP contribution in [0.1, 0.15) is 25.3 Å². The van der Waals surface area contributed by atoms with E-state index >= 15 is 0 Å². The molecule has 102 valence electrons. The molecule has 0 saturated carbocycles. The van der Waals surface area contributed by atoms with Crippen LogP contribution < -0.4 is 11.3 Å². The fraction of sp³-hybridized carbons (Fsp3) is 0.538. The summed E-state index contributed by atoms with van der Waals surface area (Å²) in [6.45, 7) is 3.54. The Morgan fingerprint density at radius 2 is 2.22 bits per heavy atom. The molecule has 1 unspecified atom stereocenters. The van der Waals surface area contributed by atoms with E-state index < -0.39 is 0 Å². The summed E-state index contributed by atoms with van der Waals surface area (Å²) in [5.74, 6) is 5.28. The molecule has 0 aromatic heterocycles. The van der Waals surface area contributed by atoms with Crippen molar-refractivity contribution in [3.05, 3.63) is 34.1 Å². The summed E-state index contributed by atoms with van der Waals surface area (Å²) in [5, 5.41) is 0. The van der Waals surface area contributed by atoms with Crippen molar-refractivity contribution in [3.63, 3.8) is 0 Å². The van der Waals surface area contributed by atoms with Gasteiger partial charge in [0.25, 0.3) is 0 Å². The number of rotatable bonds is 8. The Labute approximate surface area is 116 Å². The molecule has 1 rings (SSSR count). The second kappa shape index (κ2) is 8.58. The van der Waals surface area contributed by atoms with Crippen molar-refractivity contribution in [3.8, 4) is 0 Å². The maximum Gasteiger partial charge on any atom is 0.124 e. The summed E-state index contributed by atoms with van der Waals surface area (Å²) in [6, 6.07) is 4.83. The van der Waals surface area contributed by atoms with Crippen molar-refractivity contribution in [1.29, 1.82) is 0 Å². The van der Waals surface area contributed by atoms with E-state index in [0.29, 0.717) is 6.61 Å². The van der Waals surface area contributed by atoms with Gasteiger partial charge in [-0.2, -0.15) is 0 Å². The predicted molar refractivity (Wildman–Crippen MR) is 74.6 cm³/mol. The zero-order valence-corrected chi connectivity index (χ0v) is 12.2. The molecule has 0 aliphatic heterocycles. The van der Waals surface area contributed by atoms with Gasteiger partial charge >= 0.3 is 0 Å². The van der Waals surface area contributed by atoms with Gasteiger partial charge in [-0.05, 0) is 37.0 Å². The van der Waals surface area contributed by atoms with Gasteiger partial charge < -0.3 is 4.74 Å². The molecule has 0 radical (unpaired) electrons. The molecule has 1 atom stereocenters. The molecular formula is C13H20BrFN2O. The summed E-state index contributed by atoms with van der Waals surface area (Å²) >= 11 is 3.36. The number of nitrogens with one attached hydrogen (secondary N) is 1. The molecule has 0 aliphatic carbocycles. The first-order chi connectivity index (χ1) is 8.67. The first-order valence-electron chi connectivity index (χ1n) is 6.15. The number of halogens is 2. The zero-order chi connectivity index (χ0) is 13.4. The van der Waals surface area contributed by atoms with Crippen LogP contribution in [0.3, 0.4) is 0 Å². The van der Waals surface area contributed by atoms with E-state index in [9.17, 15) is 4.39 Å². The van der Waals surface area contributed by atoms with Gasteiger partial charge in [-0.15, -0.1) is 0 Å². The van der Waals surface area contributed by atoms with E-state index in [2.05, 4.69) is 28.3 Å². The number of hydrazine groups is 1. The topological polar surface area (TPSA) is 47.3 Å². The third-order valence-corrected chi connectivity index (χ3v) is 3.41. The molecule has 18 heavy (non-hydrogen) atoms. The van der Waals surface area contributed by atoms with Gasteiger partial charge in [0.15, 0.2) is 0 Å². The number of ether oxygens (including phenoxy) is 1. The number of hydrogen-bond acceptors (Lipinski definition) is 3. The molecule has 1 aromatic rings. The standard InChI is InChI=1S/C13H20BrFN2O/c1-2-6-18-7-5-12(17-16)8-10-3-4-11(15)9-13(10)14/h3-4,9,12,17H,2,5-8,16H2,1H3. The highest BCUT2D eigenvalue weighted by Gasteiger charge is 2.10. The summed E-state index contributed by atoms with van der Waals surface area (Å²) in [7, 11) is 0. The summed E-state index contributed by atoms with van der Waals surface area (Å²) in [4.78, 5) is 0.